The van der Waals surface area contributed by atoms with Crippen LogP contribution in [0, 0.1) is 0 Å². The Morgan fingerprint density at radius 2 is 2.28 bits per heavy atom. The first-order chi connectivity index (χ1) is 8.68. The van der Waals surface area contributed by atoms with Crippen LogP contribution >= 0.6 is 0 Å². The molecule has 0 atom stereocenters. The quantitative estimate of drug-likeness (QED) is 0.724. The average Bonchev–Trinajstić information content (AvgIpc) is 2.34. The molecule has 1 aromatic heterocycles. The minimum atomic E-state index is -0.350. The lowest BCUT2D eigenvalue weighted by Crippen LogP contribution is -2.29. The molecule has 0 fully saturated rings. The molecule has 1 rings (SSSR count). The third kappa shape index (κ3) is 6.85. The zero-order chi connectivity index (χ0) is 13.2. The van der Waals surface area contributed by atoms with Gasteiger partial charge in [-0.2, -0.15) is 0 Å². The summed E-state index contributed by atoms with van der Waals surface area (Å²) in [6.07, 6.45) is 4.04. The molecular formula is C13H21N3O2. The number of carbonyl (C=O) groups excluding carboxylic acids is 1. The standard InChI is InChI=1S/C13H21N3O2/c1-11(2)18-13(17)16-8-4-7-15-10-12-5-3-6-14-9-12/h3,5-6,9,11,15H,4,7-8,10H2,1-2H3,(H,16,17). The maximum atomic E-state index is 11.1. The van der Waals surface area contributed by atoms with Gasteiger partial charge in [-0.05, 0) is 38.4 Å². The lowest BCUT2D eigenvalue weighted by atomic mass is 10.3. The minimum Gasteiger partial charge on any atom is -0.447 e. The normalized spacial score (nSPS) is 10.4. The van der Waals surface area contributed by atoms with E-state index in [1.807, 2.05) is 32.2 Å². The molecule has 100 valence electrons. The van der Waals surface area contributed by atoms with Crippen LogP contribution in [0.2, 0.25) is 0 Å². The zero-order valence-corrected chi connectivity index (χ0v) is 11.0. The van der Waals surface area contributed by atoms with Gasteiger partial charge in [0.1, 0.15) is 0 Å². The number of hydrogen-bond donors (Lipinski definition) is 2. The summed E-state index contributed by atoms with van der Waals surface area (Å²) in [7, 11) is 0. The molecule has 0 saturated carbocycles. The summed E-state index contributed by atoms with van der Waals surface area (Å²) in [5, 5.41) is 5.98. The van der Waals surface area contributed by atoms with Crippen molar-refractivity contribution in [2.75, 3.05) is 13.1 Å². The first-order valence-corrected chi connectivity index (χ1v) is 6.22. The number of alkyl carbamates (subject to hydrolysis) is 1. The van der Waals surface area contributed by atoms with Crippen LogP contribution in [-0.4, -0.2) is 30.3 Å². The molecule has 0 aliphatic rings. The molecule has 18 heavy (non-hydrogen) atoms. The van der Waals surface area contributed by atoms with Gasteiger partial charge in [0.2, 0.25) is 0 Å². The van der Waals surface area contributed by atoms with E-state index in [2.05, 4.69) is 15.6 Å². The Kier molecular flexibility index (Phi) is 6.79. The Hall–Kier alpha value is -1.62. The van der Waals surface area contributed by atoms with Crippen LogP contribution in [-0.2, 0) is 11.3 Å². The number of hydrogen-bond acceptors (Lipinski definition) is 4. The molecule has 5 nitrogen and oxygen atoms in total. The molecule has 5 heteroatoms. The van der Waals surface area contributed by atoms with E-state index in [0.717, 1.165) is 25.1 Å². The molecule has 1 heterocycles. The van der Waals surface area contributed by atoms with E-state index in [0.29, 0.717) is 6.54 Å². The van der Waals surface area contributed by atoms with Gasteiger partial charge in [0.05, 0.1) is 6.10 Å². The highest BCUT2D eigenvalue weighted by atomic mass is 16.6. The summed E-state index contributed by atoms with van der Waals surface area (Å²) in [6.45, 7) is 5.91. The molecule has 0 unspecified atom stereocenters. The third-order valence-electron chi connectivity index (χ3n) is 2.19. The van der Waals surface area contributed by atoms with Gasteiger partial charge in [-0.25, -0.2) is 4.79 Å². The van der Waals surface area contributed by atoms with Gasteiger partial charge >= 0.3 is 6.09 Å². The number of amides is 1. The van der Waals surface area contributed by atoms with E-state index in [4.69, 9.17) is 4.74 Å². The van der Waals surface area contributed by atoms with E-state index < -0.39 is 0 Å². The van der Waals surface area contributed by atoms with Gasteiger partial charge in [-0.15, -0.1) is 0 Å². The van der Waals surface area contributed by atoms with Gasteiger partial charge in [-0.3, -0.25) is 4.98 Å². The SMILES string of the molecule is CC(C)OC(=O)NCCCNCc1cccnc1. The molecule has 0 aliphatic heterocycles. The first-order valence-electron chi connectivity index (χ1n) is 6.22. The Morgan fingerprint density at radius 1 is 1.44 bits per heavy atom. The molecule has 0 spiro atoms. The van der Waals surface area contributed by atoms with Gasteiger partial charge in [0.25, 0.3) is 0 Å². The maximum Gasteiger partial charge on any atom is 0.407 e. The van der Waals surface area contributed by atoms with Gasteiger partial charge in [-0.1, -0.05) is 6.07 Å². The highest BCUT2D eigenvalue weighted by Crippen LogP contribution is 1.94. The van der Waals surface area contributed by atoms with Crippen LogP contribution in [0.25, 0.3) is 0 Å². The smallest absolute Gasteiger partial charge is 0.407 e. The molecule has 0 saturated heterocycles. The second kappa shape index (κ2) is 8.47. The van der Waals surface area contributed by atoms with Crippen molar-refractivity contribution >= 4 is 6.09 Å². The van der Waals surface area contributed by atoms with Crippen LogP contribution in [0.4, 0.5) is 4.79 Å². The molecule has 0 aromatic carbocycles. The largest absolute Gasteiger partial charge is 0.447 e. The molecule has 0 aliphatic carbocycles. The Morgan fingerprint density at radius 3 is 2.94 bits per heavy atom. The fourth-order valence-electron chi connectivity index (χ4n) is 1.40. The van der Waals surface area contributed by atoms with Gasteiger partial charge < -0.3 is 15.4 Å². The average molecular weight is 251 g/mol. The Bertz CT molecular complexity index is 341. The fraction of sp³-hybridized carbons (Fsp3) is 0.538. The monoisotopic (exact) mass is 251 g/mol. The second-order valence-electron chi connectivity index (χ2n) is 4.27. The molecule has 1 aromatic rings. The van der Waals surface area contributed by atoms with Crippen molar-refractivity contribution in [3.8, 4) is 0 Å². The minimum absolute atomic E-state index is 0.0753. The van der Waals surface area contributed by atoms with Crippen LogP contribution in [0.5, 0.6) is 0 Å². The summed E-state index contributed by atoms with van der Waals surface area (Å²) in [6, 6.07) is 3.94. The van der Waals surface area contributed by atoms with Crippen LogP contribution < -0.4 is 10.6 Å². The summed E-state index contributed by atoms with van der Waals surface area (Å²) < 4.78 is 4.95. The molecule has 0 bridgehead atoms. The molecule has 0 radical (unpaired) electrons. The van der Waals surface area contributed by atoms with Crippen molar-refractivity contribution in [3.05, 3.63) is 30.1 Å². The summed E-state index contributed by atoms with van der Waals surface area (Å²) >= 11 is 0. The van der Waals surface area contributed by atoms with E-state index in [9.17, 15) is 4.79 Å². The van der Waals surface area contributed by atoms with Crippen molar-refractivity contribution < 1.29 is 9.53 Å². The number of rotatable bonds is 7. The van der Waals surface area contributed by atoms with Crippen molar-refractivity contribution in [1.82, 2.24) is 15.6 Å². The maximum absolute atomic E-state index is 11.1. The zero-order valence-electron chi connectivity index (χ0n) is 11.0. The Labute approximate surface area is 108 Å². The van der Waals surface area contributed by atoms with E-state index >= 15 is 0 Å². The van der Waals surface area contributed by atoms with Crippen molar-refractivity contribution in [3.63, 3.8) is 0 Å². The van der Waals surface area contributed by atoms with Crippen molar-refractivity contribution in [2.45, 2.75) is 32.9 Å². The summed E-state index contributed by atoms with van der Waals surface area (Å²) in [5.74, 6) is 0. The lowest BCUT2D eigenvalue weighted by Gasteiger charge is -2.09. The predicted molar refractivity (Wildman–Crippen MR) is 70.2 cm³/mol. The van der Waals surface area contributed by atoms with Gasteiger partial charge in [0.15, 0.2) is 0 Å². The molecule has 2 N–H and O–H groups in total. The molecular weight excluding hydrogens is 230 g/mol. The summed E-state index contributed by atoms with van der Waals surface area (Å²) in [5.41, 5.74) is 1.16. The number of carbonyl (C=O) groups is 1. The van der Waals surface area contributed by atoms with E-state index in [1.54, 1.807) is 6.20 Å². The number of pyridine rings is 1. The summed E-state index contributed by atoms with van der Waals surface area (Å²) in [4.78, 5) is 15.2. The first kappa shape index (κ1) is 14.4. The fourth-order valence-corrected chi connectivity index (χ4v) is 1.40. The van der Waals surface area contributed by atoms with E-state index in [-0.39, 0.29) is 12.2 Å². The number of nitrogens with zero attached hydrogens (tertiary/aromatic N) is 1. The van der Waals surface area contributed by atoms with E-state index in [1.165, 1.54) is 0 Å². The van der Waals surface area contributed by atoms with Crippen LogP contribution in [0.1, 0.15) is 25.8 Å². The van der Waals surface area contributed by atoms with Gasteiger partial charge in [0, 0.05) is 25.5 Å². The number of ether oxygens (including phenoxy) is 1. The lowest BCUT2D eigenvalue weighted by molar-refractivity contribution is 0.115. The predicted octanol–water partition coefficient (Wildman–Crippen LogP) is 1.70. The van der Waals surface area contributed by atoms with Crippen LogP contribution in [0.3, 0.4) is 0 Å². The van der Waals surface area contributed by atoms with Crippen molar-refractivity contribution in [2.24, 2.45) is 0 Å². The number of nitrogens with one attached hydrogen (secondary N) is 2. The third-order valence-corrected chi connectivity index (χ3v) is 2.19. The van der Waals surface area contributed by atoms with Crippen LogP contribution in [0.15, 0.2) is 24.5 Å². The topological polar surface area (TPSA) is 63.2 Å². The highest BCUT2D eigenvalue weighted by molar-refractivity contribution is 5.67. The number of aromatic nitrogens is 1. The van der Waals surface area contributed by atoms with Crippen molar-refractivity contribution in [1.29, 1.82) is 0 Å². The Balaban J connectivity index is 1.98. The second-order valence-corrected chi connectivity index (χ2v) is 4.27. The highest BCUT2D eigenvalue weighted by Gasteiger charge is 2.02. The molecule has 1 amide bonds.